The minimum absolute atomic E-state index is 0.247. The van der Waals surface area contributed by atoms with Crippen LogP contribution in [0, 0.1) is 0 Å². The Kier molecular flexibility index (Phi) is 3.58. The SMILES string of the molecule is COc1nccc(N(C)C)c1NS(C)(=O)=O. The zero-order chi connectivity index (χ0) is 12.3. The summed E-state index contributed by atoms with van der Waals surface area (Å²) in [5.74, 6) is 0.247. The van der Waals surface area contributed by atoms with Gasteiger partial charge in [0, 0.05) is 20.3 Å². The zero-order valence-electron chi connectivity index (χ0n) is 9.68. The maximum absolute atomic E-state index is 11.2. The predicted octanol–water partition coefficient (Wildman–Crippen LogP) is 0.528. The average Bonchev–Trinajstić information content (AvgIpc) is 2.15. The van der Waals surface area contributed by atoms with E-state index in [1.165, 1.54) is 7.11 Å². The molecular formula is C9H15N3O3S. The van der Waals surface area contributed by atoms with Crippen molar-refractivity contribution in [3.05, 3.63) is 12.3 Å². The number of ether oxygens (including phenoxy) is 1. The first-order chi connectivity index (χ1) is 7.35. The largest absolute Gasteiger partial charge is 0.479 e. The molecule has 1 aromatic rings. The molecule has 0 saturated heterocycles. The highest BCUT2D eigenvalue weighted by Crippen LogP contribution is 2.32. The minimum atomic E-state index is -3.36. The van der Waals surface area contributed by atoms with Gasteiger partial charge in [-0.15, -0.1) is 0 Å². The monoisotopic (exact) mass is 245 g/mol. The van der Waals surface area contributed by atoms with Crippen LogP contribution in [-0.4, -0.2) is 40.9 Å². The number of nitrogens with zero attached hydrogens (tertiary/aromatic N) is 2. The molecule has 0 atom stereocenters. The summed E-state index contributed by atoms with van der Waals surface area (Å²) in [4.78, 5) is 5.72. The quantitative estimate of drug-likeness (QED) is 0.837. The smallest absolute Gasteiger partial charge is 0.240 e. The van der Waals surface area contributed by atoms with Crippen molar-refractivity contribution < 1.29 is 13.2 Å². The third-order valence-electron chi connectivity index (χ3n) is 1.86. The van der Waals surface area contributed by atoms with E-state index in [1.807, 2.05) is 14.1 Å². The summed E-state index contributed by atoms with van der Waals surface area (Å²) in [6.45, 7) is 0. The van der Waals surface area contributed by atoms with E-state index in [1.54, 1.807) is 17.2 Å². The van der Waals surface area contributed by atoms with E-state index in [4.69, 9.17) is 4.74 Å². The van der Waals surface area contributed by atoms with Crippen LogP contribution in [0.4, 0.5) is 11.4 Å². The van der Waals surface area contributed by atoms with Crippen molar-refractivity contribution in [3.63, 3.8) is 0 Å². The predicted molar refractivity (Wildman–Crippen MR) is 63.6 cm³/mol. The standard InChI is InChI=1S/C9H15N3O3S/c1-12(2)7-5-6-10-9(15-3)8(7)11-16(4,13)14/h5-6,11H,1-4H3. The van der Waals surface area contributed by atoms with Gasteiger partial charge in [0.25, 0.3) is 0 Å². The van der Waals surface area contributed by atoms with Gasteiger partial charge in [0.15, 0.2) is 0 Å². The van der Waals surface area contributed by atoms with Gasteiger partial charge in [0.05, 0.1) is 19.1 Å². The van der Waals surface area contributed by atoms with Crippen LogP contribution in [0.2, 0.25) is 0 Å². The molecule has 0 amide bonds. The number of aromatic nitrogens is 1. The van der Waals surface area contributed by atoms with Gasteiger partial charge in [0.2, 0.25) is 15.9 Å². The minimum Gasteiger partial charge on any atom is -0.479 e. The lowest BCUT2D eigenvalue weighted by atomic mass is 10.3. The van der Waals surface area contributed by atoms with E-state index in [9.17, 15) is 8.42 Å². The lowest BCUT2D eigenvalue weighted by molar-refractivity contribution is 0.400. The molecule has 0 aromatic carbocycles. The van der Waals surface area contributed by atoms with Crippen LogP contribution in [0.1, 0.15) is 0 Å². The molecule has 6 nitrogen and oxygen atoms in total. The van der Waals surface area contributed by atoms with Crippen LogP contribution < -0.4 is 14.4 Å². The van der Waals surface area contributed by atoms with Crippen molar-refractivity contribution in [2.75, 3.05) is 37.1 Å². The highest BCUT2D eigenvalue weighted by molar-refractivity contribution is 7.92. The van der Waals surface area contributed by atoms with Gasteiger partial charge in [0.1, 0.15) is 5.69 Å². The summed E-state index contributed by atoms with van der Waals surface area (Å²) in [5, 5.41) is 0. The fourth-order valence-corrected chi connectivity index (χ4v) is 1.80. The van der Waals surface area contributed by atoms with Crippen LogP contribution in [0.5, 0.6) is 5.88 Å². The van der Waals surface area contributed by atoms with Crippen LogP contribution in [0.25, 0.3) is 0 Å². The van der Waals surface area contributed by atoms with E-state index in [0.717, 1.165) is 6.26 Å². The first-order valence-electron chi connectivity index (χ1n) is 4.53. The molecule has 1 rings (SSSR count). The number of rotatable bonds is 4. The van der Waals surface area contributed by atoms with Gasteiger partial charge in [-0.1, -0.05) is 0 Å². The zero-order valence-corrected chi connectivity index (χ0v) is 10.5. The molecule has 1 heterocycles. The number of nitrogens with one attached hydrogen (secondary N) is 1. The van der Waals surface area contributed by atoms with Crippen molar-refractivity contribution in [1.82, 2.24) is 4.98 Å². The summed E-state index contributed by atoms with van der Waals surface area (Å²) in [7, 11) is 1.69. The van der Waals surface area contributed by atoms with Gasteiger partial charge < -0.3 is 9.64 Å². The number of anilines is 2. The van der Waals surface area contributed by atoms with Gasteiger partial charge in [-0.25, -0.2) is 13.4 Å². The maximum atomic E-state index is 11.2. The number of pyridine rings is 1. The number of methoxy groups -OCH3 is 1. The molecule has 0 aliphatic rings. The van der Waals surface area contributed by atoms with Crippen LogP contribution in [-0.2, 0) is 10.0 Å². The molecule has 1 N–H and O–H groups in total. The maximum Gasteiger partial charge on any atom is 0.240 e. The summed E-state index contributed by atoms with van der Waals surface area (Å²) >= 11 is 0. The van der Waals surface area contributed by atoms with Crippen LogP contribution in [0.15, 0.2) is 12.3 Å². The second kappa shape index (κ2) is 4.56. The Morgan fingerprint density at radius 1 is 1.44 bits per heavy atom. The topological polar surface area (TPSA) is 71.5 Å². The molecule has 7 heteroatoms. The highest BCUT2D eigenvalue weighted by Gasteiger charge is 2.15. The molecule has 0 bridgehead atoms. The van der Waals surface area contributed by atoms with Crippen molar-refractivity contribution in [2.24, 2.45) is 0 Å². The molecule has 0 saturated carbocycles. The molecule has 0 aliphatic heterocycles. The number of hydrogen-bond donors (Lipinski definition) is 1. The van der Waals surface area contributed by atoms with Crippen molar-refractivity contribution in [1.29, 1.82) is 0 Å². The van der Waals surface area contributed by atoms with Gasteiger partial charge in [-0.3, -0.25) is 4.72 Å². The molecule has 1 aromatic heterocycles. The second-order valence-electron chi connectivity index (χ2n) is 3.48. The highest BCUT2D eigenvalue weighted by atomic mass is 32.2. The number of sulfonamides is 1. The molecular weight excluding hydrogens is 230 g/mol. The van der Waals surface area contributed by atoms with Crippen LogP contribution >= 0.6 is 0 Å². The Balaban J connectivity index is 3.30. The Bertz CT molecular complexity index is 471. The Labute approximate surface area is 95.3 Å². The number of hydrogen-bond acceptors (Lipinski definition) is 5. The van der Waals surface area contributed by atoms with Gasteiger partial charge >= 0.3 is 0 Å². The van der Waals surface area contributed by atoms with E-state index >= 15 is 0 Å². The van der Waals surface area contributed by atoms with E-state index < -0.39 is 10.0 Å². The first-order valence-corrected chi connectivity index (χ1v) is 6.42. The van der Waals surface area contributed by atoms with E-state index in [-0.39, 0.29) is 5.88 Å². The van der Waals surface area contributed by atoms with Crippen molar-refractivity contribution >= 4 is 21.4 Å². The molecule has 0 spiro atoms. The molecule has 0 radical (unpaired) electrons. The second-order valence-corrected chi connectivity index (χ2v) is 5.23. The normalized spacial score (nSPS) is 11.0. The van der Waals surface area contributed by atoms with E-state index in [0.29, 0.717) is 11.4 Å². The summed E-state index contributed by atoms with van der Waals surface area (Å²) in [5.41, 5.74) is 1.04. The molecule has 90 valence electrons. The van der Waals surface area contributed by atoms with Crippen LogP contribution in [0.3, 0.4) is 0 Å². The fraction of sp³-hybridized carbons (Fsp3) is 0.444. The summed E-state index contributed by atoms with van der Waals surface area (Å²) in [6.07, 6.45) is 2.64. The molecule has 0 unspecified atom stereocenters. The van der Waals surface area contributed by atoms with E-state index in [2.05, 4.69) is 9.71 Å². The van der Waals surface area contributed by atoms with Crippen molar-refractivity contribution in [2.45, 2.75) is 0 Å². The Morgan fingerprint density at radius 2 is 2.06 bits per heavy atom. The first kappa shape index (κ1) is 12.6. The molecule has 16 heavy (non-hydrogen) atoms. The lowest BCUT2D eigenvalue weighted by Gasteiger charge is -2.19. The average molecular weight is 245 g/mol. The van der Waals surface area contributed by atoms with Gasteiger partial charge in [-0.05, 0) is 6.07 Å². The van der Waals surface area contributed by atoms with Gasteiger partial charge in [-0.2, -0.15) is 0 Å². The third kappa shape index (κ3) is 2.99. The Morgan fingerprint density at radius 3 is 2.50 bits per heavy atom. The van der Waals surface area contributed by atoms with Crippen molar-refractivity contribution in [3.8, 4) is 5.88 Å². The summed E-state index contributed by atoms with van der Waals surface area (Å²) < 4.78 is 29.9. The lowest BCUT2D eigenvalue weighted by Crippen LogP contribution is -2.17. The third-order valence-corrected chi connectivity index (χ3v) is 2.43. The summed E-state index contributed by atoms with van der Waals surface area (Å²) in [6, 6.07) is 1.70. The Hall–Kier alpha value is -1.50. The molecule has 0 aliphatic carbocycles. The fourth-order valence-electron chi connectivity index (χ4n) is 1.24. The molecule has 0 fully saturated rings.